The highest BCUT2D eigenvalue weighted by Crippen LogP contribution is 2.30. The van der Waals surface area contributed by atoms with E-state index in [-0.39, 0.29) is 12.0 Å². The van der Waals surface area contributed by atoms with Gasteiger partial charge in [-0.05, 0) is 24.1 Å². The number of aromatic nitrogens is 2. The van der Waals surface area contributed by atoms with Gasteiger partial charge in [0.2, 0.25) is 5.82 Å². The van der Waals surface area contributed by atoms with Crippen molar-refractivity contribution in [2.75, 3.05) is 12.8 Å². The zero-order valence-electron chi connectivity index (χ0n) is 11.1. The number of methoxy groups -OCH3 is 1. The fourth-order valence-corrected chi connectivity index (χ4v) is 2.02. The van der Waals surface area contributed by atoms with Crippen LogP contribution in [-0.2, 0) is 4.74 Å². The van der Waals surface area contributed by atoms with Gasteiger partial charge in [0.25, 0.3) is 5.89 Å². The minimum Gasteiger partial charge on any atom is -0.398 e. The summed E-state index contributed by atoms with van der Waals surface area (Å²) in [4.78, 5) is 4.33. The predicted octanol–water partition coefficient (Wildman–Crippen LogP) is 3.32. The van der Waals surface area contributed by atoms with Crippen LogP contribution in [0.3, 0.4) is 0 Å². The number of rotatable bonds is 4. The molecule has 1 heterocycles. The molecule has 0 aliphatic rings. The highest BCUT2D eigenvalue weighted by Gasteiger charge is 2.22. The van der Waals surface area contributed by atoms with E-state index in [0.717, 1.165) is 0 Å². The van der Waals surface area contributed by atoms with E-state index in [4.69, 9.17) is 26.6 Å². The van der Waals surface area contributed by atoms with Crippen molar-refractivity contribution in [3.63, 3.8) is 0 Å². The summed E-state index contributed by atoms with van der Waals surface area (Å²) in [6.07, 6.45) is -0.210. The molecule has 0 aliphatic heterocycles. The summed E-state index contributed by atoms with van der Waals surface area (Å²) in [5.41, 5.74) is 7.05. The van der Waals surface area contributed by atoms with E-state index in [9.17, 15) is 0 Å². The molecule has 1 aromatic heterocycles. The van der Waals surface area contributed by atoms with Crippen molar-refractivity contribution in [3.05, 3.63) is 29.0 Å². The van der Waals surface area contributed by atoms with Crippen molar-refractivity contribution < 1.29 is 9.26 Å². The molecular formula is C13H16ClN3O2. The van der Waals surface area contributed by atoms with Crippen molar-refractivity contribution in [2.24, 2.45) is 5.92 Å². The molecule has 0 radical (unpaired) electrons. The average Bonchev–Trinajstić information content (AvgIpc) is 2.82. The Kier molecular flexibility index (Phi) is 4.07. The van der Waals surface area contributed by atoms with Crippen molar-refractivity contribution in [3.8, 4) is 11.5 Å². The largest absolute Gasteiger partial charge is 0.398 e. The minimum atomic E-state index is -0.210. The second-order valence-corrected chi connectivity index (χ2v) is 5.03. The first kappa shape index (κ1) is 13.8. The molecule has 0 spiro atoms. The van der Waals surface area contributed by atoms with Gasteiger partial charge in [-0.3, -0.25) is 0 Å². The summed E-state index contributed by atoms with van der Waals surface area (Å²) >= 11 is 5.94. The van der Waals surface area contributed by atoms with E-state index < -0.39 is 0 Å². The first-order valence-electron chi connectivity index (χ1n) is 5.94. The maximum atomic E-state index is 5.94. The average molecular weight is 282 g/mol. The highest BCUT2D eigenvalue weighted by molar-refractivity contribution is 6.31. The Balaban J connectivity index is 2.38. The van der Waals surface area contributed by atoms with Crippen molar-refractivity contribution in [2.45, 2.75) is 20.0 Å². The molecule has 19 heavy (non-hydrogen) atoms. The maximum Gasteiger partial charge on any atom is 0.260 e. The lowest BCUT2D eigenvalue weighted by atomic mass is 10.1. The van der Waals surface area contributed by atoms with Crippen LogP contribution >= 0.6 is 11.6 Å². The quantitative estimate of drug-likeness (QED) is 0.870. The van der Waals surface area contributed by atoms with Crippen LogP contribution in [0.1, 0.15) is 25.8 Å². The number of anilines is 1. The second-order valence-electron chi connectivity index (χ2n) is 4.59. The Hall–Kier alpha value is -1.59. The summed E-state index contributed by atoms with van der Waals surface area (Å²) < 4.78 is 10.6. The molecule has 0 saturated carbocycles. The molecule has 5 nitrogen and oxygen atoms in total. The fourth-order valence-electron chi connectivity index (χ4n) is 1.85. The van der Waals surface area contributed by atoms with Crippen LogP contribution in [0.15, 0.2) is 22.7 Å². The molecule has 1 aromatic carbocycles. The van der Waals surface area contributed by atoms with Crippen molar-refractivity contribution >= 4 is 17.3 Å². The highest BCUT2D eigenvalue weighted by atomic mass is 35.5. The van der Waals surface area contributed by atoms with Gasteiger partial charge in [0.05, 0.1) is 5.56 Å². The Morgan fingerprint density at radius 2 is 2.11 bits per heavy atom. The van der Waals surface area contributed by atoms with Gasteiger partial charge in [-0.25, -0.2) is 0 Å². The predicted molar refractivity (Wildman–Crippen MR) is 73.7 cm³/mol. The Morgan fingerprint density at radius 1 is 1.37 bits per heavy atom. The SMILES string of the molecule is COC(c1noc(-c2cc(Cl)ccc2N)n1)C(C)C. The summed E-state index contributed by atoms with van der Waals surface area (Å²) in [5.74, 6) is 1.09. The lowest BCUT2D eigenvalue weighted by Crippen LogP contribution is -2.10. The molecular weight excluding hydrogens is 266 g/mol. The van der Waals surface area contributed by atoms with Crippen LogP contribution in [0.4, 0.5) is 5.69 Å². The fraction of sp³-hybridized carbons (Fsp3) is 0.385. The molecule has 2 rings (SSSR count). The van der Waals surface area contributed by atoms with E-state index in [1.165, 1.54) is 0 Å². The lowest BCUT2D eigenvalue weighted by Gasteiger charge is -2.14. The Bertz CT molecular complexity index is 569. The smallest absolute Gasteiger partial charge is 0.260 e. The van der Waals surface area contributed by atoms with Crippen LogP contribution < -0.4 is 5.73 Å². The maximum absolute atomic E-state index is 5.94. The molecule has 0 bridgehead atoms. The molecule has 0 amide bonds. The standard InChI is InChI=1S/C13H16ClN3O2/c1-7(2)11(18-3)12-16-13(19-17-12)9-6-8(14)4-5-10(9)15/h4-7,11H,15H2,1-3H3. The van der Waals surface area contributed by atoms with Crippen molar-refractivity contribution in [1.29, 1.82) is 0 Å². The van der Waals surface area contributed by atoms with Crippen molar-refractivity contribution in [1.82, 2.24) is 10.1 Å². The van der Waals surface area contributed by atoms with E-state index in [1.807, 2.05) is 13.8 Å². The van der Waals surface area contributed by atoms with Gasteiger partial charge in [-0.2, -0.15) is 4.98 Å². The van der Waals surface area contributed by atoms with Gasteiger partial charge in [-0.1, -0.05) is 30.6 Å². The van der Waals surface area contributed by atoms with Gasteiger partial charge in [0.1, 0.15) is 6.10 Å². The third kappa shape index (κ3) is 2.88. The van der Waals surface area contributed by atoms with Gasteiger partial charge in [0, 0.05) is 17.8 Å². The lowest BCUT2D eigenvalue weighted by molar-refractivity contribution is 0.0556. The number of hydrogen-bond donors (Lipinski definition) is 1. The van der Waals surface area contributed by atoms with E-state index in [1.54, 1.807) is 25.3 Å². The molecule has 6 heteroatoms. The number of hydrogen-bond acceptors (Lipinski definition) is 5. The van der Waals surface area contributed by atoms with E-state index >= 15 is 0 Å². The van der Waals surface area contributed by atoms with E-state index in [0.29, 0.717) is 28.0 Å². The van der Waals surface area contributed by atoms with Gasteiger partial charge < -0.3 is 15.0 Å². The molecule has 1 unspecified atom stereocenters. The molecule has 1 atom stereocenters. The third-order valence-corrected chi connectivity index (χ3v) is 3.04. The first-order valence-corrected chi connectivity index (χ1v) is 6.32. The van der Waals surface area contributed by atoms with Crippen LogP contribution in [-0.4, -0.2) is 17.3 Å². The monoisotopic (exact) mass is 281 g/mol. The number of nitrogen functional groups attached to an aromatic ring is 1. The minimum absolute atomic E-state index is 0.210. The number of ether oxygens (including phenoxy) is 1. The number of benzene rings is 1. The third-order valence-electron chi connectivity index (χ3n) is 2.80. The van der Waals surface area contributed by atoms with Crippen LogP contribution in [0.2, 0.25) is 5.02 Å². The van der Waals surface area contributed by atoms with Gasteiger partial charge in [-0.15, -0.1) is 0 Å². The molecule has 0 aliphatic carbocycles. The zero-order chi connectivity index (χ0) is 14.0. The Labute approximate surface area is 116 Å². The first-order chi connectivity index (χ1) is 9.02. The summed E-state index contributed by atoms with van der Waals surface area (Å²) in [6.45, 7) is 4.05. The summed E-state index contributed by atoms with van der Waals surface area (Å²) in [5, 5.41) is 4.51. The number of nitrogens with two attached hydrogens (primary N) is 1. The molecule has 2 aromatic rings. The number of halogens is 1. The van der Waals surface area contributed by atoms with Crippen LogP contribution in [0.25, 0.3) is 11.5 Å². The summed E-state index contributed by atoms with van der Waals surface area (Å²) in [7, 11) is 1.62. The second kappa shape index (κ2) is 5.59. The Morgan fingerprint density at radius 3 is 2.74 bits per heavy atom. The van der Waals surface area contributed by atoms with Crippen LogP contribution in [0.5, 0.6) is 0 Å². The summed E-state index contributed by atoms with van der Waals surface area (Å²) in [6, 6.07) is 5.12. The van der Waals surface area contributed by atoms with Gasteiger partial charge >= 0.3 is 0 Å². The normalized spacial score (nSPS) is 12.9. The van der Waals surface area contributed by atoms with E-state index in [2.05, 4.69) is 10.1 Å². The zero-order valence-corrected chi connectivity index (χ0v) is 11.8. The number of nitrogens with zero attached hydrogens (tertiary/aromatic N) is 2. The topological polar surface area (TPSA) is 74.2 Å². The molecule has 0 saturated heterocycles. The van der Waals surface area contributed by atoms with Gasteiger partial charge in [0.15, 0.2) is 0 Å². The molecule has 102 valence electrons. The van der Waals surface area contributed by atoms with Crippen LogP contribution in [0, 0.1) is 5.92 Å². The molecule has 2 N–H and O–H groups in total. The molecule has 0 fully saturated rings.